The van der Waals surface area contributed by atoms with Gasteiger partial charge in [0.2, 0.25) is 0 Å². The van der Waals surface area contributed by atoms with Crippen LogP contribution in [0.1, 0.15) is 40.0 Å². The standard InChI is InChI=1S/C14H18N2O3/c17-13(16-9-12-6-1-2-7-15-12)10-4-3-5-11(8-10)14(18)19/h3-5,8,12,15H,1-2,6-7,9H2,(H,16,17)(H,18,19). The van der Waals surface area contributed by atoms with E-state index in [-0.39, 0.29) is 11.5 Å². The van der Waals surface area contributed by atoms with Gasteiger partial charge in [0.1, 0.15) is 0 Å². The fourth-order valence-electron chi connectivity index (χ4n) is 2.21. The van der Waals surface area contributed by atoms with Gasteiger partial charge in [-0.1, -0.05) is 12.5 Å². The van der Waals surface area contributed by atoms with Crippen molar-refractivity contribution < 1.29 is 14.7 Å². The molecule has 1 aliphatic rings. The summed E-state index contributed by atoms with van der Waals surface area (Å²) in [6, 6.07) is 6.39. The molecule has 0 aliphatic carbocycles. The molecule has 1 aliphatic heterocycles. The van der Waals surface area contributed by atoms with Crippen molar-refractivity contribution in [3.05, 3.63) is 35.4 Å². The number of nitrogens with one attached hydrogen (secondary N) is 2. The largest absolute Gasteiger partial charge is 0.478 e. The van der Waals surface area contributed by atoms with E-state index in [2.05, 4.69) is 10.6 Å². The zero-order chi connectivity index (χ0) is 13.7. The topological polar surface area (TPSA) is 78.4 Å². The van der Waals surface area contributed by atoms with E-state index in [0.29, 0.717) is 18.2 Å². The smallest absolute Gasteiger partial charge is 0.335 e. The van der Waals surface area contributed by atoms with Gasteiger partial charge in [0.15, 0.2) is 0 Å². The SMILES string of the molecule is O=C(O)c1cccc(C(=O)NCC2CCCCN2)c1. The Labute approximate surface area is 112 Å². The molecule has 1 saturated heterocycles. The van der Waals surface area contributed by atoms with E-state index in [1.54, 1.807) is 12.1 Å². The van der Waals surface area contributed by atoms with E-state index < -0.39 is 5.97 Å². The summed E-state index contributed by atoms with van der Waals surface area (Å²) < 4.78 is 0. The van der Waals surface area contributed by atoms with Gasteiger partial charge in [-0.25, -0.2) is 4.79 Å². The number of rotatable bonds is 4. The third-order valence-corrected chi connectivity index (χ3v) is 3.29. The number of carboxylic acid groups (broad SMARTS) is 1. The summed E-state index contributed by atoms with van der Waals surface area (Å²) in [4.78, 5) is 22.8. The highest BCUT2D eigenvalue weighted by molar-refractivity contribution is 5.97. The van der Waals surface area contributed by atoms with Crippen LogP contribution >= 0.6 is 0 Å². The molecule has 3 N–H and O–H groups in total. The Morgan fingerprint density at radius 1 is 1.32 bits per heavy atom. The second kappa shape index (κ2) is 6.33. The number of aromatic carboxylic acids is 1. The summed E-state index contributed by atoms with van der Waals surface area (Å²) in [5, 5.41) is 15.1. The van der Waals surface area contributed by atoms with Crippen molar-refractivity contribution in [3.63, 3.8) is 0 Å². The van der Waals surface area contributed by atoms with Crippen LogP contribution in [-0.4, -0.2) is 36.1 Å². The number of carbonyl (C=O) groups is 2. The van der Waals surface area contributed by atoms with Crippen molar-refractivity contribution >= 4 is 11.9 Å². The average Bonchev–Trinajstić information content (AvgIpc) is 2.46. The van der Waals surface area contributed by atoms with Gasteiger partial charge in [0.25, 0.3) is 5.91 Å². The molecular weight excluding hydrogens is 244 g/mol. The van der Waals surface area contributed by atoms with Crippen LogP contribution in [0.2, 0.25) is 0 Å². The van der Waals surface area contributed by atoms with Gasteiger partial charge in [-0.3, -0.25) is 4.79 Å². The quantitative estimate of drug-likeness (QED) is 0.763. The van der Waals surface area contributed by atoms with Gasteiger partial charge in [0.05, 0.1) is 5.56 Å². The van der Waals surface area contributed by atoms with E-state index in [4.69, 9.17) is 5.11 Å². The second-order valence-corrected chi connectivity index (χ2v) is 4.74. The lowest BCUT2D eigenvalue weighted by molar-refractivity contribution is 0.0697. The Hall–Kier alpha value is -1.88. The zero-order valence-electron chi connectivity index (χ0n) is 10.7. The van der Waals surface area contributed by atoms with Gasteiger partial charge in [-0.2, -0.15) is 0 Å². The van der Waals surface area contributed by atoms with Gasteiger partial charge in [-0.15, -0.1) is 0 Å². The Bertz CT molecular complexity index is 468. The maximum absolute atomic E-state index is 11.9. The minimum Gasteiger partial charge on any atom is -0.478 e. The summed E-state index contributed by atoms with van der Waals surface area (Å²) >= 11 is 0. The number of carbonyl (C=O) groups excluding carboxylic acids is 1. The molecule has 1 aromatic rings. The van der Waals surface area contributed by atoms with E-state index >= 15 is 0 Å². The molecule has 0 saturated carbocycles. The van der Waals surface area contributed by atoms with Crippen molar-refractivity contribution in [1.82, 2.24) is 10.6 Å². The number of amides is 1. The Kier molecular flexibility index (Phi) is 4.52. The molecule has 2 rings (SSSR count). The van der Waals surface area contributed by atoms with E-state index in [0.717, 1.165) is 13.0 Å². The van der Waals surface area contributed by atoms with Crippen LogP contribution in [0.3, 0.4) is 0 Å². The molecular formula is C14H18N2O3. The molecule has 1 atom stereocenters. The van der Waals surface area contributed by atoms with Crippen LogP contribution in [0.25, 0.3) is 0 Å². The minimum absolute atomic E-state index is 0.128. The molecule has 1 unspecified atom stereocenters. The highest BCUT2D eigenvalue weighted by atomic mass is 16.4. The second-order valence-electron chi connectivity index (χ2n) is 4.74. The normalized spacial score (nSPS) is 18.8. The van der Waals surface area contributed by atoms with Crippen molar-refractivity contribution in [1.29, 1.82) is 0 Å². The minimum atomic E-state index is -1.02. The van der Waals surface area contributed by atoms with Gasteiger partial charge >= 0.3 is 5.97 Å². The average molecular weight is 262 g/mol. The molecule has 5 nitrogen and oxygen atoms in total. The lowest BCUT2D eigenvalue weighted by Gasteiger charge is -2.23. The Morgan fingerprint density at radius 3 is 2.79 bits per heavy atom. The lowest BCUT2D eigenvalue weighted by atomic mass is 10.0. The highest BCUT2D eigenvalue weighted by Gasteiger charge is 2.14. The first kappa shape index (κ1) is 13.5. The fraction of sp³-hybridized carbons (Fsp3) is 0.429. The Balaban J connectivity index is 1.92. The predicted octanol–water partition coefficient (Wildman–Crippen LogP) is 1.26. The summed E-state index contributed by atoms with van der Waals surface area (Å²) in [6.07, 6.45) is 3.43. The monoisotopic (exact) mass is 262 g/mol. The molecule has 0 spiro atoms. The number of hydrogen-bond acceptors (Lipinski definition) is 3. The van der Waals surface area contributed by atoms with Gasteiger partial charge < -0.3 is 15.7 Å². The van der Waals surface area contributed by atoms with Crippen molar-refractivity contribution in [3.8, 4) is 0 Å². The van der Waals surface area contributed by atoms with Crippen molar-refractivity contribution in [2.75, 3.05) is 13.1 Å². The van der Waals surface area contributed by atoms with E-state index in [9.17, 15) is 9.59 Å². The molecule has 1 amide bonds. The summed E-state index contributed by atoms with van der Waals surface area (Å²) in [5.74, 6) is -1.25. The van der Waals surface area contributed by atoms with Crippen LogP contribution in [0, 0.1) is 0 Å². The van der Waals surface area contributed by atoms with Crippen LogP contribution in [-0.2, 0) is 0 Å². The fourth-order valence-corrected chi connectivity index (χ4v) is 2.21. The molecule has 102 valence electrons. The predicted molar refractivity (Wildman–Crippen MR) is 71.4 cm³/mol. The maximum Gasteiger partial charge on any atom is 0.335 e. The zero-order valence-corrected chi connectivity index (χ0v) is 10.7. The molecule has 1 aromatic carbocycles. The van der Waals surface area contributed by atoms with Crippen LogP contribution < -0.4 is 10.6 Å². The molecule has 5 heteroatoms. The number of piperidine rings is 1. The summed E-state index contributed by atoms with van der Waals surface area (Å²) in [5.41, 5.74) is 0.513. The van der Waals surface area contributed by atoms with Crippen LogP contribution in [0.15, 0.2) is 24.3 Å². The third kappa shape index (κ3) is 3.79. The first-order valence-electron chi connectivity index (χ1n) is 6.52. The molecule has 0 aromatic heterocycles. The number of carboxylic acids is 1. The van der Waals surface area contributed by atoms with E-state index in [1.807, 2.05) is 0 Å². The van der Waals surface area contributed by atoms with Gasteiger partial charge in [-0.05, 0) is 37.6 Å². The van der Waals surface area contributed by atoms with Crippen molar-refractivity contribution in [2.24, 2.45) is 0 Å². The summed E-state index contributed by atoms with van der Waals surface area (Å²) in [7, 11) is 0. The Morgan fingerprint density at radius 2 is 2.11 bits per heavy atom. The molecule has 0 bridgehead atoms. The van der Waals surface area contributed by atoms with Gasteiger partial charge in [0, 0.05) is 18.2 Å². The summed E-state index contributed by atoms with van der Waals surface area (Å²) in [6.45, 7) is 1.57. The lowest BCUT2D eigenvalue weighted by Crippen LogP contribution is -2.43. The number of hydrogen-bond donors (Lipinski definition) is 3. The first-order valence-corrected chi connectivity index (χ1v) is 6.52. The van der Waals surface area contributed by atoms with Crippen LogP contribution in [0.4, 0.5) is 0 Å². The highest BCUT2D eigenvalue weighted by Crippen LogP contribution is 2.07. The molecule has 1 heterocycles. The number of benzene rings is 1. The van der Waals surface area contributed by atoms with Crippen molar-refractivity contribution in [2.45, 2.75) is 25.3 Å². The third-order valence-electron chi connectivity index (χ3n) is 3.29. The van der Waals surface area contributed by atoms with Crippen LogP contribution in [0.5, 0.6) is 0 Å². The first-order chi connectivity index (χ1) is 9.16. The molecule has 19 heavy (non-hydrogen) atoms. The molecule has 0 radical (unpaired) electrons. The maximum atomic E-state index is 11.9. The molecule has 1 fully saturated rings. The van der Waals surface area contributed by atoms with E-state index in [1.165, 1.54) is 25.0 Å².